The first-order valence-electron chi connectivity index (χ1n) is 6.38. The molecule has 17 heavy (non-hydrogen) atoms. The number of aryl methyl sites for hydroxylation is 1. The van der Waals surface area contributed by atoms with Crippen molar-refractivity contribution in [1.29, 1.82) is 0 Å². The number of carbonyl (C=O) groups is 1. The number of hydrogen-bond acceptors (Lipinski definition) is 2. The topological polar surface area (TPSA) is 41.1 Å². The molecule has 1 aliphatic rings. The van der Waals surface area contributed by atoms with Crippen LogP contribution in [0.5, 0.6) is 0 Å². The summed E-state index contributed by atoms with van der Waals surface area (Å²) in [5, 5.41) is 6.33. The maximum atomic E-state index is 11.8. The van der Waals surface area contributed by atoms with Gasteiger partial charge in [0, 0.05) is 23.8 Å². The molecule has 2 rings (SSSR count). The summed E-state index contributed by atoms with van der Waals surface area (Å²) in [6.45, 7) is 5.00. The summed E-state index contributed by atoms with van der Waals surface area (Å²) in [6, 6.07) is 6.13. The molecule has 1 aromatic rings. The van der Waals surface area contributed by atoms with Gasteiger partial charge in [-0.15, -0.1) is 0 Å². The molecule has 1 atom stereocenters. The average molecular weight is 232 g/mol. The number of fused-ring (bicyclic) bond motifs is 1. The normalized spacial score (nSPS) is 15.6. The zero-order valence-corrected chi connectivity index (χ0v) is 10.5. The van der Waals surface area contributed by atoms with Gasteiger partial charge in [0.25, 0.3) is 0 Å². The Morgan fingerprint density at radius 1 is 1.53 bits per heavy atom. The molecule has 0 saturated carbocycles. The largest absolute Gasteiger partial charge is 0.385 e. The molecule has 1 amide bonds. The van der Waals surface area contributed by atoms with Crippen molar-refractivity contribution >= 4 is 17.3 Å². The molecule has 0 aliphatic carbocycles. The predicted molar refractivity (Wildman–Crippen MR) is 71.3 cm³/mol. The lowest BCUT2D eigenvalue weighted by molar-refractivity contribution is -0.119. The van der Waals surface area contributed by atoms with Gasteiger partial charge in [-0.3, -0.25) is 4.79 Å². The smallest absolute Gasteiger partial charge is 0.227 e. The second-order valence-corrected chi connectivity index (χ2v) is 4.70. The summed E-state index contributed by atoms with van der Waals surface area (Å²) in [6.07, 6.45) is 3.18. The van der Waals surface area contributed by atoms with Crippen LogP contribution in [0.25, 0.3) is 0 Å². The molecule has 92 valence electrons. The number of hydrogen-bond donors (Lipinski definition) is 2. The molecule has 0 fully saturated rings. The molecule has 0 bridgehead atoms. The van der Waals surface area contributed by atoms with Crippen LogP contribution in [-0.2, 0) is 11.2 Å². The van der Waals surface area contributed by atoms with E-state index in [1.54, 1.807) is 0 Å². The van der Waals surface area contributed by atoms with Gasteiger partial charge in [0.05, 0.1) is 0 Å². The second-order valence-electron chi connectivity index (χ2n) is 4.70. The molecule has 0 aromatic heterocycles. The van der Waals surface area contributed by atoms with Crippen LogP contribution in [0.2, 0.25) is 0 Å². The van der Waals surface area contributed by atoms with E-state index < -0.39 is 0 Å². The third kappa shape index (κ3) is 2.78. The van der Waals surface area contributed by atoms with Crippen molar-refractivity contribution in [2.45, 2.75) is 33.1 Å². The minimum absolute atomic E-state index is 0.0685. The van der Waals surface area contributed by atoms with Crippen LogP contribution >= 0.6 is 0 Å². The van der Waals surface area contributed by atoms with Crippen molar-refractivity contribution in [1.82, 2.24) is 0 Å². The van der Waals surface area contributed by atoms with Crippen LogP contribution < -0.4 is 10.6 Å². The Labute approximate surface area is 103 Å². The Bertz CT molecular complexity index is 415. The van der Waals surface area contributed by atoms with Crippen LogP contribution in [0.3, 0.4) is 0 Å². The van der Waals surface area contributed by atoms with E-state index in [-0.39, 0.29) is 11.8 Å². The van der Waals surface area contributed by atoms with Gasteiger partial charge in [0.15, 0.2) is 0 Å². The lowest BCUT2D eigenvalue weighted by atomic mass is 10.0. The highest BCUT2D eigenvalue weighted by molar-refractivity contribution is 5.92. The summed E-state index contributed by atoms with van der Waals surface area (Å²) in [5.74, 6) is 0.169. The summed E-state index contributed by atoms with van der Waals surface area (Å²) in [5.41, 5.74) is 3.40. The van der Waals surface area contributed by atoms with Gasteiger partial charge < -0.3 is 10.6 Å². The minimum atomic E-state index is 0.0685. The fraction of sp³-hybridized carbons (Fsp3) is 0.500. The monoisotopic (exact) mass is 232 g/mol. The van der Waals surface area contributed by atoms with Crippen LogP contribution in [0, 0.1) is 5.92 Å². The number of anilines is 2. The first-order chi connectivity index (χ1) is 8.20. The molecule has 1 unspecified atom stereocenters. The number of rotatable bonds is 3. The third-order valence-corrected chi connectivity index (χ3v) is 3.38. The van der Waals surface area contributed by atoms with E-state index in [1.165, 1.54) is 17.7 Å². The van der Waals surface area contributed by atoms with Gasteiger partial charge in [-0.1, -0.05) is 19.9 Å². The van der Waals surface area contributed by atoms with Crippen LogP contribution in [0.1, 0.15) is 32.3 Å². The zero-order chi connectivity index (χ0) is 12.3. The van der Waals surface area contributed by atoms with E-state index in [9.17, 15) is 4.79 Å². The summed E-state index contributed by atoms with van der Waals surface area (Å²) in [7, 11) is 0. The van der Waals surface area contributed by atoms with Crippen molar-refractivity contribution in [2.75, 3.05) is 17.2 Å². The lowest BCUT2D eigenvalue weighted by Crippen LogP contribution is -2.20. The number of carbonyl (C=O) groups excluding carboxylic acids is 1. The quantitative estimate of drug-likeness (QED) is 0.841. The first-order valence-corrected chi connectivity index (χ1v) is 6.38. The Hall–Kier alpha value is -1.51. The molecule has 3 heteroatoms. The van der Waals surface area contributed by atoms with Crippen molar-refractivity contribution in [2.24, 2.45) is 5.92 Å². The van der Waals surface area contributed by atoms with Gasteiger partial charge in [0.1, 0.15) is 0 Å². The second kappa shape index (κ2) is 5.21. The molecule has 1 aliphatic heterocycles. The fourth-order valence-electron chi connectivity index (χ4n) is 1.99. The van der Waals surface area contributed by atoms with Gasteiger partial charge in [-0.2, -0.15) is 0 Å². The highest BCUT2D eigenvalue weighted by Gasteiger charge is 2.13. The summed E-state index contributed by atoms with van der Waals surface area (Å²) < 4.78 is 0. The van der Waals surface area contributed by atoms with Gasteiger partial charge >= 0.3 is 0 Å². The average Bonchev–Trinajstić information content (AvgIpc) is 2.37. The standard InChI is InChI=1S/C14H20N2O/c1-3-10(2)14(17)16-12-7-6-11-5-4-8-15-13(11)9-12/h6-7,9-10,15H,3-5,8H2,1-2H3,(H,16,17). The molecule has 0 saturated heterocycles. The molecule has 1 heterocycles. The van der Waals surface area contributed by atoms with E-state index in [0.717, 1.165) is 25.1 Å². The highest BCUT2D eigenvalue weighted by atomic mass is 16.1. The van der Waals surface area contributed by atoms with Gasteiger partial charge in [-0.25, -0.2) is 0 Å². The van der Waals surface area contributed by atoms with E-state index in [2.05, 4.69) is 16.7 Å². The summed E-state index contributed by atoms with van der Waals surface area (Å²) in [4.78, 5) is 11.8. The highest BCUT2D eigenvalue weighted by Crippen LogP contribution is 2.25. The van der Waals surface area contributed by atoms with Crippen molar-refractivity contribution < 1.29 is 4.79 Å². The first kappa shape index (κ1) is 12.0. The predicted octanol–water partition coefficient (Wildman–Crippen LogP) is 3.03. The van der Waals surface area contributed by atoms with Crippen LogP contribution in [0.4, 0.5) is 11.4 Å². The number of nitrogens with one attached hydrogen (secondary N) is 2. The van der Waals surface area contributed by atoms with E-state index >= 15 is 0 Å². The fourth-order valence-corrected chi connectivity index (χ4v) is 1.99. The molecule has 3 nitrogen and oxygen atoms in total. The van der Waals surface area contributed by atoms with Crippen molar-refractivity contribution in [3.63, 3.8) is 0 Å². The maximum absolute atomic E-state index is 11.8. The SMILES string of the molecule is CCC(C)C(=O)Nc1ccc2c(c1)NCCC2. The Kier molecular flexibility index (Phi) is 3.67. The van der Waals surface area contributed by atoms with E-state index in [1.807, 2.05) is 26.0 Å². The maximum Gasteiger partial charge on any atom is 0.227 e. The Balaban J connectivity index is 2.09. The minimum Gasteiger partial charge on any atom is -0.385 e. The van der Waals surface area contributed by atoms with Crippen molar-refractivity contribution in [3.8, 4) is 0 Å². The van der Waals surface area contributed by atoms with Gasteiger partial charge in [-0.05, 0) is 37.0 Å². The Morgan fingerprint density at radius 3 is 3.12 bits per heavy atom. The molecule has 1 aromatic carbocycles. The molecule has 2 N–H and O–H groups in total. The van der Waals surface area contributed by atoms with Crippen molar-refractivity contribution in [3.05, 3.63) is 23.8 Å². The lowest BCUT2D eigenvalue weighted by Gasteiger charge is -2.19. The Morgan fingerprint density at radius 2 is 2.35 bits per heavy atom. The summed E-state index contributed by atoms with van der Waals surface area (Å²) >= 11 is 0. The van der Waals surface area contributed by atoms with Crippen LogP contribution in [0.15, 0.2) is 18.2 Å². The zero-order valence-electron chi connectivity index (χ0n) is 10.5. The number of amides is 1. The van der Waals surface area contributed by atoms with Crippen LogP contribution in [-0.4, -0.2) is 12.5 Å². The van der Waals surface area contributed by atoms with E-state index in [4.69, 9.17) is 0 Å². The van der Waals surface area contributed by atoms with E-state index in [0.29, 0.717) is 0 Å². The third-order valence-electron chi connectivity index (χ3n) is 3.38. The molecular formula is C14H20N2O. The molecule has 0 spiro atoms. The van der Waals surface area contributed by atoms with Gasteiger partial charge in [0.2, 0.25) is 5.91 Å². The molecule has 0 radical (unpaired) electrons. The number of benzene rings is 1. The molecular weight excluding hydrogens is 212 g/mol.